The summed E-state index contributed by atoms with van der Waals surface area (Å²) in [5.41, 5.74) is 2.56. The molecule has 114 valence electrons. The van der Waals surface area contributed by atoms with Crippen molar-refractivity contribution < 1.29 is 0 Å². The van der Waals surface area contributed by atoms with Crippen molar-refractivity contribution in [3.05, 3.63) is 52.0 Å². The molecule has 0 saturated heterocycles. The lowest BCUT2D eigenvalue weighted by atomic mass is 9.79. The highest BCUT2D eigenvalue weighted by Gasteiger charge is 2.27. The molecule has 0 saturated carbocycles. The van der Waals surface area contributed by atoms with Gasteiger partial charge >= 0.3 is 0 Å². The minimum absolute atomic E-state index is 0.424. The smallest absolute Gasteiger partial charge is 0.0943 e. The van der Waals surface area contributed by atoms with E-state index in [2.05, 4.69) is 73.8 Å². The van der Waals surface area contributed by atoms with Gasteiger partial charge in [0.25, 0.3) is 0 Å². The Morgan fingerprint density at radius 3 is 2.48 bits per heavy atom. The third kappa shape index (κ3) is 4.14. The summed E-state index contributed by atoms with van der Waals surface area (Å²) in [4.78, 5) is 4.64. The molecule has 0 amide bonds. The fourth-order valence-corrected chi connectivity index (χ4v) is 3.81. The van der Waals surface area contributed by atoms with Crippen molar-refractivity contribution in [1.29, 1.82) is 0 Å². The fourth-order valence-electron chi connectivity index (χ4n) is 2.98. The molecule has 2 nitrogen and oxygen atoms in total. The monoisotopic (exact) mass is 302 g/mol. The molecule has 3 atom stereocenters. The van der Waals surface area contributed by atoms with Crippen molar-refractivity contribution in [2.75, 3.05) is 7.05 Å². The normalized spacial score (nSPS) is 15.6. The quantitative estimate of drug-likeness (QED) is 0.819. The van der Waals surface area contributed by atoms with Crippen LogP contribution >= 0.6 is 11.3 Å². The van der Waals surface area contributed by atoms with Crippen LogP contribution in [-0.2, 0) is 6.42 Å². The number of likely N-dealkylation sites (N-methyl/N-ethyl adjacent to an activating group) is 1. The molecule has 0 aliphatic carbocycles. The van der Waals surface area contributed by atoms with Gasteiger partial charge in [0.05, 0.1) is 5.01 Å². The van der Waals surface area contributed by atoms with Crippen molar-refractivity contribution in [2.45, 2.75) is 45.6 Å². The molecule has 1 N–H and O–H groups in total. The molecule has 1 aromatic carbocycles. The summed E-state index contributed by atoms with van der Waals surface area (Å²) in [6.45, 7) is 6.70. The van der Waals surface area contributed by atoms with Crippen LogP contribution in [0.1, 0.15) is 42.5 Å². The maximum Gasteiger partial charge on any atom is 0.0943 e. The Kier molecular flexibility index (Phi) is 5.95. The molecule has 2 rings (SSSR count). The first-order valence-corrected chi connectivity index (χ1v) is 8.66. The summed E-state index contributed by atoms with van der Waals surface area (Å²) < 4.78 is 0. The van der Waals surface area contributed by atoms with Gasteiger partial charge in [-0.2, -0.15) is 0 Å². The minimum Gasteiger partial charge on any atom is -0.316 e. The topological polar surface area (TPSA) is 24.9 Å². The van der Waals surface area contributed by atoms with E-state index in [-0.39, 0.29) is 0 Å². The third-order valence-corrected chi connectivity index (χ3v) is 5.30. The Morgan fingerprint density at radius 1 is 1.24 bits per heavy atom. The first-order valence-electron chi connectivity index (χ1n) is 7.78. The average molecular weight is 302 g/mol. The Balaban J connectivity index is 2.24. The van der Waals surface area contributed by atoms with Gasteiger partial charge < -0.3 is 5.32 Å². The number of aromatic nitrogens is 1. The molecular formula is C18H26N2S. The molecule has 0 aliphatic heterocycles. The van der Waals surface area contributed by atoms with Crippen molar-refractivity contribution in [2.24, 2.45) is 5.92 Å². The number of hydrogen-bond acceptors (Lipinski definition) is 3. The van der Waals surface area contributed by atoms with E-state index in [1.165, 1.54) is 17.0 Å². The van der Waals surface area contributed by atoms with Crippen LogP contribution in [0.4, 0.5) is 0 Å². The zero-order chi connectivity index (χ0) is 15.2. The van der Waals surface area contributed by atoms with Gasteiger partial charge in [-0.05, 0) is 25.5 Å². The van der Waals surface area contributed by atoms with Crippen molar-refractivity contribution in [3.8, 4) is 0 Å². The summed E-state index contributed by atoms with van der Waals surface area (Å²) in [5, 5.41) is 6.91. The highest BCUT2D eigenvalue weighted by atomic mass is 32.1. The number of thiazole rings is 1. The van der Waals surface area contributed by atoms with Gasteiger partial charge in [-0.15, -0.1) is 11.3 Å². The molecule has 3 unspecified atom stereocenters. The van der Waals surface area contributed by atoms with Gasteiger partial charge in [0.15, 0.2) is 0 Å². The van der Waals surface area contributed by atoms with Crippen LogP contribution in [0, 0.1) is 12.8 Å². The largest absolute Gasteiger partial charge is 0.316 e. The van der Waals surface area contributed by atoms with Crippen LogP contribution in [0.2, 0.25) is 0 Å². The molecule has 0 spiro atoms. The number of benzene rings is 1. The van der Waals surface area contributed by atoms with Gasteiger partial charge in [-0.1, -0.05) is 50.6 Å². The molecule has 1 aromatic heterocycles. The second kappa shape index (κ2) is 7.71. The molecule has 21 heavy (non-hydrogen) atoms. The van der Waals surface area contributed by atoms with Crippen LogP contribution in [-0.4, -0.2) is 18.1 Å². The Hall–Kier alpha value is -1.19. The van der Waals surface area contributed by atoms with Crippen molar-refractivity contribution in [1.82, 2.24) is 10.3 Å². The number of rotatable bonds is 7. The van der Waals surface area contributed by atoms with E-state index in [0.29, 0.717) is 17.9 Å². The van der Waals surface area contributed by atoms with Crippen LogP contribution in [0.5, 0.6) is 0 Å². The predicted molar refractivity (Wildman–Crippen MR) is 92.0 cm³/mol. The first-order chi connectivity index (χ1) is 10.2. The van der Waals surface area contributed by atoms with Gasteiger partial charge in [0.1, 0.15) is 0 Å². The van der Waals surface area contributed by atoms with E-state index in [4.69, 9.17) is 0 Å². The number of nitrogens with one attached hydrogen (secondary N) is 1. The molecule has 0 aliphatic rings. The Labute approximate surface area is 132 Å². The SMILES string of the molecule is CCC(C)C(c1ccccc1)C(Cc1nc(C)cs1)NC. The standard InChI is InChI=1S/C18H26N2S/c1-5-13(2)18(15-9-7-6-8-10-15)16(19-4)11-17-20-14(3)12-21-17/h6-10,12-13,16,18-19H,5,11H2,1-4H3. The summed E-state index contributed by atoms with van der Waals surface area (Å²) in [5.74, 6) is 1.16. The van der Waals surface area contributed by atoms with Crippen LogP contribution in [0.25, 0.3) is 0 Å². The Morgan fingerprint density at radius 2 is 1.95 bits per heavy atom. The Bertz CT molecular complexity index is 535. The number of hydrogen-bond donors (Lipinski definition) is 1. The molecule has 3 heteroatoms. The van der Waals surface area contributed by atoms with E-state index in [1.807, 2.05) is 0 Å². The van der Waals surface area contributed by atoms with E-state index in [9.17, 15) is 0 Å². The number of nitrogens with zero attached hydrogens (tertiary/aromatic N) is 1. The zero-order valence-electron chi connectivity index (χ0n) is 13.5. The van der Waals surface area contributed by atoms with E-state index in [1.54, 1.807) is 11.3 Å². The van der Waals surface area contributed by atoms with Gasteiger partial charge in [-0.3, -0.25) is 0 Å². The maximum atomic E-state index is 4.64. The lowest BCUT2D eigenvalue weighted by molar-refractivity contribution is 0.346. The lowest BCUT2D eigenvalue weighted by Crippen LogP contribution is -2.37. The predicted octanol–water partition coefficient (Wildman–Crippen LogP) is 4.41. The van der Waals surface area contributed by atoms with Gasteiger partial charge in [0, 0.05) is 29.5 Å². The third-order valence-electron chi connectivity index (χ3n) is 4.31. The van der Waals surface area contributed by atoms with Crippen LogP contribution in [0.3, 0.4) is 0 Å². The average Bonchev–Trinajstić information content (AvgIpc) is 2.92. The molecule has 1 heterocycles. The molecular weight excluding hydrogens is 276 g/mol. The second-order valence-electron chi connectivity index (χ2n) is 5.80. The summed E-state index contributed by atoms with van der Waals surface area (Å²) in [7, 11) is 2.07. The molecule has 0 radical (unpaired) electrons. The summed E-state index contributed by atoms with van der Waals surface area (Å²) in [6.07, 6.45) is 2.19. The lowest BCUT2D eigenvalue weighted by Gasteiger charge is -2.31. The zero-order valence-corrected chi connectivity index (χ0v) is 14.3. The van der Waals surface area contributed by atoms with Crippen LogP contribution in [0.15, 0.2) is 35.7 Å². The molecule has 0 fully saturated rings. The summed E-state index contributed by atoms with van der Waals surface area (Å²) in [6, 6.07) is 11.3. The highest BCUT2D eigenvalue weighted by Crippen LogP contribution is 2.32. The van der Waals surface area contributed by atoms with Crippen LogP contribution < -0.4 is 5.32 Å². The maximum absolute atomic E-state index is 4.64. The minimum atomic E-state index is 0.424. The van der Waals surface area contributed by atoms with Gasteiger partial charge in [-0.25, -0.2) is 4.98 Å². The van der Waals surface area contributed by atoms with E-state index >= 15 is 0 Å². The molecule has 2 aromatic rings. The van der Waals surface area contributed by atoms with Gasteiger partial charge in [0.2, 0.25) is 0 Å². The van der Waals surface area contributed by atoms with Crippen molar-refractivity contribution in [3.63, 3.8) is 0 Å². The fraction of sp³-hybridized carbons (Fsp3) is 0.500. The van der Waals surface area contributed by atoms with E-state index < -0.39 is 0 Å². The molecule has 0 bridgehead atoms. The summed E-state index contributed by atoms with van der Waals surface area (Å²) >= 11 is 1.77. The van der Waals surface area contributed by atoms with E-state index in [0.717, 1.165) is 12.1 Å². The van der Waals surface area contributed by atoms with Crippen molar-refractivity contribution >= 4 is 11.3 Å². The highest BCUT2D eigenvalue weighted by molar-refractivity contribution is 7.09. The second-order valence-corrected chi connectivity index (χ2v) is 6.75. The number of aryl methyl sites for hydroxylation is 1. The first kappa shape index (κ1) is 16.2.